The molecule has 1 aliphatic heterocycles. The van der Waals surface area contributed by atoms with Crippen LogP contribution in [0.5, 0.6) is 5.75 Å². The fourth-order valence-electron chi connectivity index (χ4n) is 3.27. The molecule has 2 aromatic carbocycles. The lowest BCUT2D eigenvalue weighted by Crippen LogP contribution is -2.32. The highest BCUT2D eigenvalue weighted by Crippen LogP contribution is 2.36. The Kier molecular flexibility index (Phi) is 5.41. The number of anilines is 2. The summed E-state index contributed by atoms with van der Waals surface area (Å²) in [6.07, 6.45) is 2.47. The standard InChI is InChI=1S/C20H23N3O3/c1-26-17-6-2-4-14-5-3-12-23(19(14)17)13-11-18(24)22-16-9-7-15(8-10-16)20(21)25/h2,4,6-10H,3,5,11-13H2,1H3,(H2,21,25)(H,22,24). The molecular formula is C20H23N3O3. The summed E-state index contributed by atoms with van der Waals surface area (Å²) >= 11 is 0. The van der Waals surface area contributed by atoms with Gasteiger partial charge >= 0.3 is 0 Å². The molecule has 0 bridgehead atoms. The number of nitrogens with one attached hydrogen (secondary N) is 1. The minimum Gasteiger partial charge on any atom is -0.495 e. The van der Waals surface area contributed by atoms with Crippen molar-refractivity contribution in [1.82, 2.24) is 0 Å². The van der Waals surface area contributed by atoms with Gasteiger partial charge in [-0.25, -0.2) is 0 Å². The quantitative estimate of drug-likeness (QED) is 0.836. The second-order valence-electron chi connectivity index (χ2n) is 6.30. The second-order valence-corrected chi connectivity index (χ2v) is 6.30. The van der Waals surface area contributed by atoms with Crippen LogP contribution in [-0.4, -0.2) is 32.0 Å². The Balaban J connectivity index is 1.61. The van der Waals surface area contributed by atoms with E-state index in [-0.39, 0.29) is 5.91 Å². The van der Waals surface area contributed by atoms with Crippen molar-refractivity contribution in [1.29, 1.82) is 0 Å². The van der Waals surface area contributed by atoms with Crippen LogP contribution in [0.25, 0.3) is 0 Å². The van der Waals surface area contributed by atoms with E-state index in [4.69, 9.17) is 10.5 Å². The molecule has 0 saturated carbocycles. The highest BCUT2D eigenvalue weighted by molar-refractivity contribution is 5.94. The number of carbonyl (C=O) groups is 2. The molecule has 3 rings (SSSR count). The van der Waals surface area contributed by atoms with E-state index in [1.54, 1.807) is 31.4 Å². The number of nitrogens with two attached hydrogens (primary N) is 1. The van der Waals surface area contributed by atoms with E-state index in [9.17, 15) is 9.59 Å². The Morgan fingerprint density at radius 3 is 2.65 bits per heavy atom. The van der Waals surface area contributed by atoms with E-state index in [0.29, 0.717) is 24.2 Å². The van der Waals surface area contributed by atoms with Gasteiger partial charge in [0.2, 0.25) is 11.8 Å². The summed E-state index contributed by atoms with van der Waals surface area (Å²) in [5.74, 6) is 0.295. The monoisotopic (exact) mass is 353 g/mol. The van der Waals surface area contributed by atoms with Crippen LogP contribution in [0, 0.1) is 0 Å². The highest BCUT2D eigenvalue weighted by Gasteiger charge is 2.21. The molecule has 0 unspecified atom stereocenters. The minimum atomic E-state index is -0.486. The molecule has 26 heavy (non-hydrogen) atoms. The lowest BCUT2D eigenvalue weighted by Gasteiger charge is -2.32. The van der Waals surface area contributed by atoms with E-state index < -0.39 is 5.91 Å². The Hall–Kier alpha value is -3.02. The predicted octanol–water partition coefficient (Wildman–Crippen LogP) is 2.58. The molecule has 1 heterocycles. The minimum absolute atomic E-state index is 0.0705. The van der Waals surface area contributed by atoms with Gasteiger partial charge in [-0.3, -0.25) is 9.59 Å². The van der Waals surface area contributed by atoms with E-state index >= 15 is 0 Å². The molecule has 6 nitrogen and oxygen atoms in total. The van der Waals surface area contributed by atoms with Gasteiger partial charge in [-0.05, 0) is 48.7 Å². The summed E-state index contributed by atoms with van der Waals surface area (Å²) in [5.41, 5.74) is 8.64. The number of ether oxygens (including phenoxy) is 1. The topological polar surface area (TPSA) is 84.7 Å². The third-order valence-corrected chi connectivity index (χ3v) is 4.55. The highest BCUT2D eigenvalue weighted by atomic mass is 16.5. The molecule has 6 heteroatoms. The van der Waals surface area contributed by atoms with E-state index in [1.165, 1.54) is 5.56 Å². The smallest absolute Gasteiger partial charge is 0.248 e. The number of hydrogen-bond donors (Lipinski definition) is 2. The van der Waals surface area contributed by atoms with Crippen molar-refractivity contribution in [3.8, 4) is 5.75 Å². The van der Waals surface area contributed by atoms with E-state index in [1.807, 2.05) is 12.1 Å². The first kappa shape index (κ1) is 17.8. The van der Waals surface area contributed by atoms with Gasteiger partial charge < -0.3 is 20.7 Å². The number of amides is 2. The van der Waals surface area contributed by atoms with Gasteiger partial charge in [0.25, 0.3) is 0 Å². The number of aryl methyl sites for hydroxylation is 1. The number of benzene rings is 2. The number of nitrogens with zero attached hydrogens (tertiary/aromatic N) is 1. The fourth-order valence-corrected chi connectivity index (χ4v) is 3.27. The van der Waals surface area contributed by atoms with Crippen LogP contribution in [0.15, 0.2) is 42.5 Å². The molecule has 0 atom stereocenters. The average Bonchev–Trinajstić information content (AvgIpc) is 2.66. The van der Waals surface area contributed by atoms with E-state index in [2.05, 4.69) is 16.3 Å². The number of primary amides is 1. The number of rotatable bonds is 6. The summed E-state index contributed by atoms with van der Waals surface area (Å²) in [6.45, 7) is 1.53. The van der Waals surface area contributed by atoms with Gasteiger partial charge in [0.1, 0.15) is 5.75 Å². The Labute approximate surface area is 152 Å². The van der Waals surface area contributed by atoms with Crippen LogP contribution < -0.4 is 20.7 Å². The van der Waals surface area contributed by atoms with Crippen molar-refractivity contribution in [2.45, 2.75) is 19.3 Å². The van der Waals surface area contributed by atoms with Crippen LogP contribution in [0.3, 0.4) is 0 Å². The maximum Gasteiger partial charge on any atom is 0.248 e. The largest absolute Gasteiger partial charge is 0.495 e. The molecule has 0 saturated heterocycles. The third kappa shape index (κ3) is 3.96. The zero-order valence-corrected chi connectivity index (χ0v) is 14.8. The Morgan fingerprint density at radius 2 is 1.96 bits per heavy atom. The first-order chi connectivity index (χ1) is 12.6. The van der Waals surface area contributed by atoms with Gasteiger partial charge in [-0.2, -0.15) is 0 Å². The van der Waals surface area contributed by atoms with Gasteiger partial charge in [0.15, 0.2) is 0 Å². The van der Waals surface area contributed by atoms with Gasteiger partial charge in [0, 0.05) is 30.8 Å². The van der Waals surface area contributed by atoms with E-state index in [0.717, 1.165) is 30.8 Å². The van der Waals surface area contributed by atoms with Gasteiger partial charge in [-0.15, -0.1) is 0 Å². The molecule has 0 radical (unpaired) electrons. The molecule has 0 aliphatic carbocycles. The fraction of sp³-hybridized carbons (Fsp3) is 0.300. The zero-order valence-electron chi connectivity index (χ0n) is 14.8. The summed E-state index contributed by atoms with van der Waals surface area (Å²) in [5, 5.41) is 2.85. The zero-order chi connectivity index (χ0) is 18.5. The maximum atomic E-state index is 12.3. The molecule has 2 amide bonds. The number of para-hydroxylation sites is 1. The van der Waals surface area contributed by atoms with Crippen LogP contribution in [0.4, 0.5) is 11.4 Å². The number of fused-ring (bicyclic) bond motifs is 1. The summed E-state index contributed by atoms with van der Waals surface area (Å²) in [6, 6.07) is 12.6. The Bertz CT molecular complexity index is 788. The lowest BCUT2D eigenvalue weighted by molar-refractivity contribution is -0.116. The molecular weight excluding hydrogens is 330 g/mol. The van der Waals surface area contributed by atoms with Crippen LogP contribution in [0.1, 0.15) is 28.8 Å². The van der Waals surface area contributed by atoms with Gasteiger partial charge in [0.05, 0.1) is 12.8 Å². The average molecular weight is 353 g/mol. The normalized spacial score (nSPS) is 13.0. The maximum absolute atomic E-state index is 12.3. The van der Waals surface area contributed by atoms with Crippen LogP contribution in [0.2, 0.25) is 0 Å². The molecule has 2 aromatic rings. The second kappa shape index (κ2) is 7.91. The molecule has 3 N–H and O–H groups in total. The Morgan fingerprint density at radius 1 is 1.19 bits per heavy atom. The van der Waals surface area contributed by atoms with Crippen LogP contribution in [-0.2, 0) is 11.2 Å². The molecule has 1 aliphatic rings. The third-order valence-electron chi connectivity index (χ3n) is 4.55. The van der Waals surface area contributed by atoms with Crippen molar-refractivity contribution >= 4 is 23.2 Å². The van der Waals surface area contributed by atoms with Crippen molar-refractivity contribution in [3.63, 3.8) is 0 Å². The molecule has 0 spiro atoms. The summed E-state index contributed by atoms with van der Waals surface area (Å²) in [4.78, 5) is 25.6. The first-order valence-electron chi connectivity index (χ1n) is 8.69. The number of carbonyl (C=O) groups excluding carboxylic acids is 2. The van der Waals surface area contributed by atoms with Crippen molar-refractivity contribution in [3.05, 3.63) is 53.6 Å². The van der Waals surface area contributed by atoms with Crippen molar-refractivity contribution in [2.24, 2.45) is 5.73 Å². The molecule has 0 aromatic heterocycles. The summed E-state index contributed by atoms with van der Waals surface area (Å²) in [7, 11) is 1.67. The molecule has 136 valence electrons. The SMILES string of the molecule is COc1cccc2c1N(CCC(=O)Nc1ccc(C(N)=O)cc1)CCC2. The predicted molar refractivity (Wildman–Crippen MR) is 102 cm³/mol. The van der Waals surface area contributed by atoms with Crippen molar-refractivity contribution < 1.29 is 14.3 Å². The first-order valence-corrected chi connectivity index (χ1v) is 8.69. The lowest BCUT2D eigenvalue weighted by atomic mass is 10.0. The summed E-state index contributed by atoms with van der Waals surface area (Å²) < 4.78 is 5.50. The number of methoxy groups -OCH3 is 1. The van der Waals surface area contributed by atoms with Crippen LogP contribution >= 0.6 is 0 Å². The van der Waals surface area contributed by atoms with Crippen molar-refractivity contribution in [2.75, 3.05) is 30.4 Å². The number of hydrogen-bond acceptors (Lipinski definition) is 4. The molecule has 0 fully saturated rings. The van der Waals surface area contributed by atoms with Gasteiger partial charge in [-0.1, -0.05) is 12.1 Å².